The molecule has 0 unspecified atom stereocenters. The number of nitrogens with zero attached hydrogens (tertiary/aromatic N) is 2. The Hall–Kier alpha value is -0.120. The van der Waals surface area contributed by atoms with E-state index in [0.29, 0.717) is 0 Å². The molecule has 18 heavy (non-hydrogen) atoms. The quantitative estimate of drug-likeness (QED) is 0.821. The van der Waals surface area contributed by atoms with E-state index in [2.05, 4.69) is 22.0 Å². The molecule has 3 aliphatic rings. The van der Waals surface area contributed by atoms with Crippen LogP contribution in [0.1, 0.15) is 39.0 Å². The van der Waals surface area contributed by atoms with Crippen LogP contribution in [-0.4, -0.2) is 61.2 Å². The average molecular weight is 251 g/mol. The van der Waals surface area contributed by atoms with E-state index in [1.807, 2.05) is 0 Å². The van der Waals surface area contributed by atoms with E-state index in [1.54, 1.807) is 0 Å². The zero-order valence-corrected chi connectivity index (χ0v) is 11.9. The minimum Gasteiger partial charge on any atom is -0.317 e. The van der Waals surface area contributed by atoms with Crippen LogP contribution in [0, 0.1) is 5.92 Å². The highest BCUT2D eigenvalue weighted by Crippen LogP contribution is 2.28. The van der Waals surface area contributed by atoms with E-state index >= 15 is 0 Å². The fourth-order valence-corrected chi connectivity index (χ4v) is 3.90. The van der Waals surface area contributed by atoms with Crippen molar-refractivity contribution in [2.75, 3.05) is 39.3 Å². The molecule has 0 amide bonds. The molecule has 3 rings (SSSR count). The van der Waals surface area contributed by atoms with Gasteiger partial charge in [0.05, 0.1) is 0 Å². The molecule has 1 aliphatic carbocycles. The first kappa shape index (κ1) is 12.9. The zero-order valence-electron chi connectivity index (χ0n) is 11.9. The zero-order chi connectivity index (χ0) is 12.4. The van der Waals surface area contributed by atoms with Crippen LogP contribution in [0.4, 0.5) is 0 Å². The molecule has 1 saturated carbocycles. The summed E-state index contributed by atoms with van der Waals surface area (Å²) < 4.78 is 0. The molecule has 0 aromatic rings. The number of nitrogens with one attached hydrogen (secondary N) is 1. The first-order chi connectivity index (χ1) is 8.83. The third-order valence-corrected chi connectivity index (χ3v) is 5.28. The molecule has 3 heteroatoms. The van der Waals surface area contributed by atoms with E-state index in [-0.39, 0.29) is 0 Å². The van der Waals surface area contributed by atoms with Gasteiger partial charge in [0, 0.05) is 38.3 Å². The van der Waals surface area contributed by atoms with Crippen molar-refractivity contribution in [2.45, 2.75) is 51.1 Å². The highest BCUT2D eigenvalue weighted by atomic mass is 15.3. The van der Waals surface area contributed by atoms with Gasteiger partial charge >= 0.3 is 0 Å². The van der Waals surface area contributed by atoms with Crippen molar-refractivity contribution in [3.8, 4) is 0 Å². The maximum absolute atomic E-state index is 3.47. The number of piperazine rings is 1. The van der Waals surface area contributed by atoms with E-state index in [1.165, 1.54) is 71.4 Å². The lowest BCUT2D eigenvalue weighted by Crippen LogP contribution is -2.57. The topological polar surface area (TPSA) is 18.5 Å². The number of hydrogen-bond donors (Lipinski definition) is 1. The minimum atomic E-state index is 0.783. The lowest BCUT2D eigenvalue weighted by molar-refractivity contribution is 0.0134. The Kier molecular flexibility index (Phi) is 4.22. The average Bonchev–Trinajstić information content (AvgIpc) is 2.32. The van der Waals surface area contributed by atoms with Crippen molar-refractivity contribution < 1.29 is 0 Å². The minimum absolute atomic E-state index is 0.783. The largest absolute Gasteiger partial charge is 0.317 e. The smallest absolute Gasteiger partial charge is 0.0198 e. The third kappa shape index (κ3) is 2.89. The number of rotatable bonds is 3. The van der Waals surface area contributed by atoms with Gasteiger partial charge in [-0.05, 0) is 51.6 Å². The lowest BCUT2D eigenvalue weighted by atomic mass is 9.89. The molecular weight excluding hydrogens is 222 g/mol. The van der Waals surface area contributed by atoms with E-state index < -0.39 is 0 Å². The number of piperidine rings is 1. The molecule has 2 heterocycles. The predicted molar refractivity (Wildman–Crippen MR) is 75.8 cm³/mol. The maximum Gasteiger partial charge on any atom is 0.0198 e. The fourth-order valence-electron chi connectivity index (χ4n) is 3.90. The van der Waals surface area contributed by atoms with Crippen molar-refractivity contribution in [1.82, 2.24) is 15.1 Å². The van der Waals surface area contributed by atoms with Gasteiger partial charge in [-0.3, -0.25) is 4.90 Å². The number of hydrogen-bond acceptors (Lipinski definition) is 3. The summed E-state index contributed by atoms with van der Waals surface area (Å²) in [5.74, 6) is 0.953. The third-order valence-electron chi connectivity index (χ3n) is 5.28. The molecule has 104 valence electrons. The highest BCUT2D eigenvalue weighted by Gasteiger charge is 2.32. The molecule has 1 N–H and O–H groups in total. The van der Waals surface area contributed by atoms with Crippen LogP contribution in [0.2, 0.25) is 0 Å². The van der Waals surface area contributed by atoms with Crippen LogP contribution in [0.5, 0.6) is 0 Å². The van der Waals surface area contributed by atoms with Crippen molar-refractivity contribution >= 4 is 0 Å². The molecule has 3 fully saturated rings. The van der Waals surface area contributed by atoms with E-state index in [4.69, 9.17) is 0 Å². The summed E-state index contributed by atoms with van der Waals surface area (Å²) in [6.45, 7) is 10.2. The van der Waals surface area contributed by atoms with Crippen LogP contribution in [0.15, 0.2) is 0 Å². The molecule has 0 aromatic heterocycles. The molecule has 0 spiro atoms. The Balaban J connectivity index is 1.45. The summed E-state index contributed by atoms with van der Waals surface area (Å²) >= 11 is 0. The van der Waals surface area contributed by atoms with E-state index in [0.717, 1.165) is 18.0 Å². The fraction of sp³-hybridized carbons (Fsp3) is 1.00. The Labute approximate surface area is 112 Å². The summed E-state index contributed by atoms with van der Waals surface area (Å²) in [7, 11) is 0. The second kappa shape index (κ2) is 5.89. The highest BCUT2D eigenvalue weighted by molar-refractivity contribution is 4.89. The summed E-state index contributed by atoms with van der Waals surface area (Å²) in [4.78, 5) is 5.51. The van der Waals surface area contributed by atoms with Crippen LogP contribution >= 0.6 is 0 Å². The maximum atomic E-state index is 3.47. The van der Waals surface area contributed by atoms with Crippen LogP contribution in [-0.2, 0) is 0 Å². The Bertz CT molecular complexity index is 258. The Morgan fingerprint density at radius 1 is 1.06 bits per heavy atom. The van der Waals surface area contributed by atoms with Crippen molar-refractivity contribution in [3.63, 3.8) is 0 Å². The van der Waals surface area contributed by atoms with Crippen LogP contribution in [0.25, 0.3) is 0 Å². The van der Waals surface area contributed by atoms with Gasteiger partial charge in [0.15, 0.2) is 0 Å². The van der Waals surface area contributed by atoms with Crippen molar-refractivity contribution in [2.24, 2.45) is 5.92 Å². The summed E-state index contributed by atoms with van der Waals surface area (Å²) in [5, 5.41) is 3.47. The van der Waals surface area contributed by atoms with Crippen molar-refractivity contribution in [1.29, 1.82) is 0 Å². The SMILES string of the molecule is C[C@@H]1CN(CC2CCNCC2)CCN1C1CCC1. The van der Waals surface area contributed by atoms with Crippen molar-refractivity contribution in [3.05, 3.63) is 0 Å². The van der Waals surface area contributed by atoms with Gasteiger partial charge in [-0.2, -0.15) is 0 Å². The Morgan fingerprint density at radius 2 is 1.83 bits per heavy atom. The second-order valence-electron chi connectivity index (χ2n) is 6.62. The molecular formula is C15H29N3. The summed E-state index contributed by atoms with van der Waals surface area (Å²) in [6.07, 6.45) is 7.15. The molecule has 1 atom stereocenters. The molecule has 0 aromatic carbocycles. The molecule has 0 bridgehead atoms. The van der Waals surface area contributed by atoms with Gasteiger partial charge in [0.2, 0.25) is 0 Å². The van der Waals surface area contributed by atoms with Crippen LogP contribution < -0.4 is 5.32 Å². The van der Waals surface area contributed by atoms with Gasteiger partial charge < -0.3 is 10.2 Å². The van der Waals surface area contributed by atoms with Gasteiger partial charge in [-0.15, -0.1) is 0 Å². The molecule has 2 aliphatic heterocycles. The first-order valence-electron chi connectivity index (χ1n) is 8.02. The molecule has 3 nitrogen and oxygen atoms in total. The van der Waals surface area contributed by atoms with Crippen LogP contribution in [0.3, 0.4) is 0 Å². The first-order valence-corrected chi connectivity index (χ1v) is 8.02. The van der Waals surface area contributed by atoms with E-state index in [9.17, 15) is 0 Å². The Morgan fingerprint density at radius 3 is 2.44 bits per heavy atom. The molecule has 0 radical (unpaired) electrons. The van der Waals surface area contributed by atoms with Gasteiger partial charge in [0.25, 0.3) is 0 Å². The predicted octanol–water partition coefficient (Wildman–Crippen LogP) is 1.54. The van der Waals surface area contributed by atoms with Gasteiger partial charge in [-0.1, -0.05) is 6.42 Å². The molecule has 2 saturated heterocycles. The standard InChI is InChI=1S/C15H29N3/c1-13-11-17(12-14-5-7-16-8-6-14)9-10-18(13)15-3-2-4-15/h13-16H,2-12H2,1H3/t13-/m1/s1. The van der Waals surface area contributed by atoms with Gasteiger partial charge in [0.1, 0.15) is 0 Å². The summed E-state index contributed by atoms with van der Waals surface area (Å²) in [6, 6.07) is 1.71. The summed E-state index contributed by atoms with van der Waals surface area (Å²) in [5.41, 5.74) is 0. The second-order valence-corrected chi connectivity index (χ2v) is 6.62. The lowest BCUT2D eigenvalue weighted by Gasteiger charge is -2.47. The van der Waals surface area contributed by atoms with Gasteiger partial charge in [-0.25, -0.2) is 0 Å². The monoisotopic (exact) mass is 251 g/mol. The normalized spacial score (nSPS) is 33.5.